The highest BCUT2D eigenvalue weighted by Gasteiger charge is 2.48. The number of alkyl halides is 3. The van der Waals surface area contributed by atoms with E-state index in [0.29, 0.717) is 12.8 Å². The lowest BCUT2D eigenvalue weighted by Gasteiger charge is -2.23. The predicted octanol–water partition coefficient (Wildman–Crippen LogP) is 3.17. The minimum atomic E-state index is -4.62. The highest BCUT2D eigenvalue weighted by molar-refractivity contribution is 7.92. The monoisotopic (exact) mass is 523 g/mol. The fraction of sp³-hybridized carbons (Fsp3) is 0.550. The second kappa shape index (κ2) is 9.14. The molecule has 3 rings (SSSR count). The van der Waals surface area contributed by atoms with Crippen LogP contribution in [0.25, 0.3) is 0 Å². The lowest BCUT2D eigenvalue weighted by atomic mass is 10.3. The molecule has 1 N–H and O–H groups in total. The van der Waals surface area contributed by atoms with E-state index in [-0.39, 0.29) is 28.6 Å². The molecule has 1 unspecified atom stereocenters. The Morgan fingerprint density at radius 3 is 2.50 bits per heavy atom. The van der Waals surface area contributed by atoms with Crippen LogP contribution in [0.15, 0.2) is 23.1 Å². The molecule has 186 valence electrons. The summed E-state index contributed by atoms with van der Waals surface area (Å²) in [5.41, 5.74) is -1.01. The van der Waals surface area contributed by atoms with Gasteiger partial charge >= 0.3 is 12.3 Å². The van der Waals surface area contributed by atoms with E-state index >= 15 is 0 Å². The van der Waals surface area contributed by atoms with Gasteiger partial charge in [0.25, 0.3) is 0 Å². The summed E-state index contributed by atoms with van der Waals surface area (Å²) < 4.78 is 74.5. The summed E-state index contributed by atoms with van der Waals surface area (Å²) in [4.78, 5) is 24.9. The number of carbonyl (C=O) groups is 2. The van der Waals surface area contributed by atoms with Crippen LogP contribution in [0.3, 0.4) is 0 Å². The van der Waals surface area contributed by atoms with Gasteiger partial charge in [-0.1, -0.05) is 11.6 Å². The Morgan fingerprint density at radius 1 is 1.35 bits per heavy atom. The Morgan fingerprint density at radius 2 is 2.00 bits per heavy atom. The van der Waals surface area contributed by atoms with E-state index in [2.05, 4.69) is 5.32 Å². The van der Waals surface area contributed by atoms with E-state index in [9.17, 15) is 31.2 Å². The van der Waals surface area contributed by atoms with Crippen molar-refractivity contribution in [2.24, 2.45) is 0 Å². The average Bonchev–Trinajstić information content (AvgIpc) is 3.35. The molecule has 1 saturated carbocycles. The van der Waals surface area contributed by atoms with Gasteiger partial charge in [-0.25, -0.2) is 13.2 Å². The topological polar surface area (TPSA) is 126 Å². The van der Waals surface area contributed by atoms with E-state index < -0.39 is 51.1 Å². The van der Waals surface area contributed by atoms with Crippen molar-refractivity contribution in [2.75, 3.05) is 6.54 Å². The van der Waals surface area contributed by atoms with Crippen molar-refractivity contribution in [3.8, 4) is 11.8 Å². The highest BCUT2D eigenvalue weighted by Crippen LogP contribution is 2.36. The first-order valence-electron chi connectivity index (χ1n) is 10.1. The average molecular weight is 524 g/mol. The van der Waals surface area contributed by atoms with Crippen LogP contribution >= 0.6 is 11.6 Å². The number of rotatable bonds is 6. The first kappa shape index (κ1) is 25.9. The number of nitrogens with one attached hydrogen (secondary N) is 1. The molecule has 0 bridgehead atoms. The molecule has 9 nitrogen and oxygen atoms in total. The number of nitrogens with zero attached hydrogens (tertiary/aromatic N) is 2. The largest absolute Gasteiger partial charge is 0.481 e. The molecule has 1 aliphatic carbocycles. The summed E-state index contributed by atoms with van der Waals surface area (Å²) in [5, 5.41) is 9.93. The quantitative estimate of drug-likeness (QED) is 0.607. The van der Waals surface area contributed by atoms with Gasteiger partial charge in [-0.15, -0.1) is 0 Å². The Hall–Kier alpha value is -2.72. The molecule has 0 aromatic heterocycles. The van der Waals surface area contributed by atoms with Crippen LogP contribution in [-0.2, 0) is 19.4 Å². The molecular formula is C20H21ClF3N3O6S. The first-order valence-corrected chi connectivity index (χ1v) is 12.0. The summed E-state index contributed by atoms with van der Waals surface area (Å²) >= 11 is 6.06. The lowest BCUT2D eigenvalue weighted by Crippen LogP contribution is -2.42. The van der Waals surface area contributed by atoms with Gasteiger partial charge in [-0.3, -0.25) is 4.79 Å². The molecule has 0 radical (unpaired) electrons. The van der Waals surface area contributed by atoms with E-state index in [1.165, 1.54) is 6.92 Å². The molecular weight excluding hydrogens is 503 g/mol. The van der Waals surface area contributed by atoms with Crippen LogP contribution in [0, 0.1) is 11.3 Å². The van der Waals surface area contributed by atoms with Crippen molar-refractivity contribution in [1.82, 2.24) is 10.2 Å². The Kier molecular flexibility index (Phi) is 6.96. The van der Waals surface area contributed by atoms with Gasteiger partial charge in [-0.2, -0.15) is 18.4 Å². The number of carbonyl (C=O) groups excluding carboxylic acids is 2. The van der Waals surface area contributed by atoms with Crippen molar-refractivity contribution in [1.29, 1.82) is 5.26 Å². The number of amides is 2. The zero-order chi connectivity index (χ0) is 25.5. The Labute approximate surface area is 198 Å². The Balaban J connectivity index is 1.76. The van der Waals surface area contributed by atoms with Gasteiger partial charge < -0.3 is 19.7 Å². The minimum Gasteiger partial charge on any atom is -0.481 e. The maximum absolute atomic E-state index is 13.2. The zero-order valence-electron chi connectivity index (χ0n) is 18.1. The summed E-state index contributed by atoms with van der Waals surface area (Å²) in [6.45, 7) is 1.69. The smallest absolute Gasteiger partial charge is 0.425 e. The lowest BCUT2D eigenvalue weighted by molar-refractivity contribution is -0.189. The molecule has 1 aromatic rings. The number of alkyl carbamates (subject to hydrolysis) is 1. The minimum absolute atomic E-state index is 0.255. The van der Waals surface area contributed by atoms with Crippen LogP contribution in [0.1, 0.15) is 33.1 Å². The maximum Gasteiger partial charge on any atom is 0.425 e. The normalized spacial score (nSPS) is 22.4. The molecule has 2 aliphatic rings. The SMILES string of the molecule is CC(=O)N1C[C@H](S(=O)(=O)c2ccc(OC(C)C(F)(F)F)cc2Cl)C[C@@H]1OC(=O)NC1(C#N)CC1. The van der Waals surface area contributed by atoms with Crippen LogP contribution in [0.4, 0.5) is 18.0 Å². The molecule has 2 amide bonds. The van der Waals surface area contributed by atoms with Gasteiger partial charge in [0.05, 0.1) is 21.2 Å². The van der Waals surface area contributed by atoms with E-state index in [1.807, 2.05) is 6.07 Å². The standard InChI is InChI=1S/C20H21ClF3N3O6S/c1-11(20(22,23)24)32-13-3-4-16(15(21)7-13)34(30,31)14-8-17(27(9-14)12(2)28)33-18(29)26-19(10-25)5-6-19/h3-4,7,11,14,17H,5-6,8-9H2,1-2H3,(H,26,29)/t11?,14-,17+/m1/s1. The highest BCUT2D eigenvalue weighted by atomic mass is 35.5. The molecule has 1 heterocycles. The van der Waals surface area contributed by atoms with Gasteiger partial charge in [0.2, 0.25) is 5.91 Å². The fourth-order valence-corrected chi connectivity index (χ4v) is 5.62. The fourth-order valence-electron chi connectivity index (χ4n) is 3.41. The van der Waals surface area contributed by atoms with Crippen molar-refractivity contribution in [3.63, 3.8) is 0 Å². The number of nitriles is 1. The molecule has 14 heteroatoms. The number of halogens is 4. The number of hydrogen-bond acceptors (Lipinski definition) is 7. The predicted molar refractivity (Wildman–Crippen MR) is 112 cm³/mol. The summed E-state index contributed by atoms with van der Waals surface area (Å²) in [7, 11) is -4.17. The van der Waals surface area contributed by atoms with Crippen LogP contribution < -0.4 is 10.1 Å². The molecule has 34 heavy (non-hydrogen) atoms. The van der Waals surface area contributed by atoms with E-state index in [0.717, 1.165) is 30.0 Å². The second-order valence-corrected chi connectivity index (χ2v) is 10.8. The molecule has 3 atom stereocenters. The molecule has 2 fully saturated rings. The molecule has 0 spiro atoms. The third kappa shape index (κ3) is 5.50. The zero-order valence-corrected chi connectivity index (χ0v) is 19.6. The molecule has 1 aromatic carbocycles. The number of benzene rings is 1. The number of ether oxygens (including phenoxy) is 2. The number of likely N-dealkylation sites (tertiary alicyclic amines) is 1. The summed E-state index contributed by atoms with van der Waals surface area (Å²) in [5.74, 6) is -0.803. The van der Waals surface area contributed by atoms with Crippen LogP contribution in [0.5, 0.6) is 5.75 Å². The molecule has 1 saturated heterocycles. The molecule has 1 aliphatic heterocycles. The van der Waals surface area contributed by atoms with Crippen molar-refractivity contribution < 1.29 is 40.7 Å². The Bertz CT molecular complexity index is 1130. The number of hydrogen-bond donors (Lipinski definition) is 1. The summed E-state index contributed by atoms with van der Waals surface area (Å²) in [6, 6.07) is 5.00. The van der Waals surface area contributed by atoms with E-state index in [1.54, 1.807) is 0 Å². The third-order valence-electron chi connectivity index (χ3n) is 5.59. The van der Waals surface area contributed by atoms with Crippen molar-refractivity contribution >= 4 is 33.4 Å². The van der Waals surface area contributed by atoms with Gasteiger partial charge in [0.15, 0.2) is 22.2 Å². The van der Waals surface area contributed by atoms with Gasteiger partial charge in [0, 0.05) is 26.0 Å². The van der Waals surface area contributed by atoms with Crippen LogP contribution in [-0.4, -0.2) is 61.2 Å². The van der Waals surface area contributed by atoms with Gasteiger partial charge in [0.1, 0.15) is 11.3 Å². The summed E-state index contributed by atoms with van der Waals surface area (Å²) in [6.07, 6.45) is -8.25. The van der Waals surface area contributed by atoms with Crippen molar-refractivity contribution in [2.45, 2.75) is 67.3 Å². The maximum atomic E-state index is 13.2. The third-order valence-corrected chi connectivity index (χ3v) is 8.20. The van der Waals surface area contributed by atoms with Gasteiger partial charge in [-0.05, 0) is 31.9 Å². The van der Waals surface area contributed by atoms with Crippen LogP contribution in [0.2, 0.25) is 5.02 Å². The van der Waals surface area contributed by atoms with Crippen molar-refractivity contribution in [3.05, 3.63) is 23.2 Å². The first-order chi connectivity index (χ1) is 15.7. The number of sulfone groups is 1. The second-order valence-electron chi connectivity index (χ2n) is 8.15. The van der Waals surface area contributed by atoms with E-state index in [4.69, 9.17) is 26.3 Å².